The Hall–Kier alpha value is -3.18. The molecule has 0 unspecified atom stereocenters. The smallest absolute Gasteiger partial charge is 0.282 e. The Morgan fingerprint density at radius 1 is 0.929 bits per heavy atom. The molecule has 5 heteroatoms. The number of amides is 1. The van der Waals surface area contributed by atoms with E-state index in [0.29, 0.717) is 11.5 Å². The number of hydrogen-bond acceptors (Lipinski definition) is 3. The van der Waals surface area contributed by atoms with Gasteiger partial charge < -0.3 is 4.74 Å². The summed E-state index contributed by atoms with van der Waals surface area (Å²) in [6.07, 6.45) is 1.80. The summed E-state index contributed by atoms with van der Waals surface area (Å²) in [6.45, 7) is 0. The first-order valence-corrected chi connectivity index (χ1v) is 9.55. The molecule has 0 N–H and O–H groups in total. The van der Waals surface area contributed by atoms with Crippen LogP contribution in [0.4, 0.5) is 5.69 Å². The van der Waals surface area contributed by atoms with E-state index in [1.807, 2.05) is 78.9 Å². The number of methoxy groups -OCH3 is 1. The quantitative estimate of drug-likeness (QED) is 0.525. The number of carbonyl (C=O) groups excluding carboxylic acids is 1. The monoisotopic (exact) mass is 432 g/mol. The number of benzene rings is 3. The maximum atomic E-state index is 13.2. The number of carbonyl (C=O) groups is 1. The van der Waals surface area contributed by atoms with Crippen molar-refractivity contribution in [2.24, 2.45) is 4.99 Å². The highest BCUT2D eigenvalue weighted by atomic mass is 79.9. The lowest BCUT2D eigenvalue weighted by atomic mass is 10.1. The Morgan fingerprint density at radius 3 is 2.25 bits per heavy atom. The van der Waals surface area contributed by atoms with Crippen LogP contribution in [-0.2, 0) is 4.79 Å². The summed E-state index contributed by atoms with van der Waals surface area (Å²) in [6, 6.07) is 24.9. The minimum absolute atomic E-state index is 0.156. The van der Waals surface area contributed by atoms with Gasteiger partial charge in [-0.2, -0.15) is 0 Å². The molecular weight excluding hydrogens is 416 g/mol. The average Bonchev–Trinajstić information content (AvgIpc) is 3.06. The molecule has 0 aliphatic carbocycles. The van der Waals surface area contributed by atoms with Crippen LogP contribution in [0.2, 0.25) is 0 Å². The average molecular weight is 433 g/mol. The molecule has 0 atom stereocenters. The first-order valence-electron chi connectivity index (χ1n) is 8.75. The zero-order valence-electron chi connectivity index (χ0n) is 15.2. The van der Waals surface area contributed by atoms with Crippen LogP contribution in [0, 0.1) is 0 Å². The maximum absolute atomic E-state index is 13.2. The number of aliphatic imine (C=N–C) groups is 1. The fourth-order valence-electron chi connectivity index (χ4n) is 2.99. The molecule has 0 bridgehead atoms. The van der Waals surface area contributed by atoms with Gasteiger partial charge in [-0.1, -0.05) is 58.4 Å². The summed E-state index contributed by atoms with van der Waals surface area (Å²) in [7, 11) is 1.63. The minimum Gasteiger partial charge on any atom is -0.497 e. The Labute approximate surface area is 171 Å². The highest BCUT2D eigenvalue weighted by molar-refractivity contribution is 9.10. The first kappa shape index (κ1) is 18.2. The molecule has 0 spiro atoms. The Balaban J connectivity index is 1.78. The Kier molecular flexibility index (Phi) is 5.08. The molecule has 1 aliphatic rings. The van der Waals surface area contributed by atoms with E-state index in [0.717, 1.165) is 27.0 Å². The predicted octanol–water partition coefficient (Wildman–Crippen LogP) is 5.29. The summed E-state index contributed by atoms with van der Waals surface area (Å²) in [4.78, 5) is 19.5. The van der Waals surface area contributed by atoms with Crippen molar-refractivity contribution in [2.75, 3.05) is 12.0 Å². The summed E-state index contributed by atoms with van der Waals surface area (Å²) in [5.41, 5.74) is 2.94. The van der Waals surface area contributed by atoms with Gasteiger partial charge in [-0.3, -0.25) is 9.69 Å². The number of rotatable bonds is 4. The van der Waals surface area contributed by atoms with Crippen molar-refractivity contribution in [3.63, 3.8) is 0 Å². The van der Waals surface area contributed by atoms with Gasteiger partial charge in [0.1, 0.15) is 17.3 Å². The van der Waals surface area contributed by atoms with E-state index in [2.05, 4.69) is 20.9 Å². The number of anilines is 1. The van der Waals surface area contributed by atoms with Crippen molar-refractivity contribution in [3.8, 4) is 5.75 Å². The lowest BCUT2D eigenvalue weighted by Crippen LogP contribution is -2.32. The van der Waals surface area contributed by atoms with Crippen molar-refractivity contribution in [1.29, 1.82) is 0 Å². The third-order valence-electron chi connectivity index (χ3n) is 4.40. The van der Waals surface area contributed by atoms with Gasteiger partial charge in [0.15, 0.2) is 0 Å². The number of amidine groups is 1. The van der Waals surface area contributed by atoms with Crippen LogP contribution in [0.5, 0.6) is 5.75 Å². The van der Waals surface area contributed by atoms with Crippen molar-refractivity contribution in [3.05, 3.63) is 100 Å². The molecule has 0 saturated heterocycles. The molecule has 4 rings (SSSR count). The van der Waals surface area contributed by atoms with Gasteiger partial charge >= 0.3 is 0 Å². The van der Waals surface area contributed by atoms with E-state index in [4.69, 9.17) is 4.74 Å². The second kappa shape index (κ2) is 7.82. The third-order valence-corrected chi connectivity index (χ3v) is 4.93. The summed E-state index contributed by atoms with van der Waals surface area (Å²) in [5.74, 6) is 1.23. The van der Waals surface area contributed by atoms with Crippen LogP contribution < -0.4 is 9.64 Å². The van der Waals surface area contributed by atoms with E-state index in [9.17, 15) is 4.79 Å². The molecule has 0 radical (unpaired) electrons. The van der Waals surface area contributed by atoms with E-state index < -0.39 is 0 Å². The molecule has 1 amide bonds. The van der Waals surface area contributed by atoms with E-state index in [-0.39, 0.29) is 5.91 Å². The molecule has 28 heavy (non-hydrogen) atoms. The number of ether oxygens (including phenoxy) is 1. The van der Waals surface area contributed by atoms with Crippen LogP contribution in [-0.4, -0.2) is 18.9 Å². The van der Waals surface area contributed by atoms with Gasteiger partial charge in [0, 0.05) is 10.0 Å². The number of hydrogen-bond donors (Lipinski definition) is 0. The summed E-state index contributed by atoms with van der Waals surface area (Å²) >= 11 is 3.44. The first-order chi connectivity index (χ1) is 13.7. The van der Waals surface area contributed by atoms with Gasteiger partial charge in [-0.15, -0.1) is 0 Å². The normalized spacial score (nSPS) is 15.1. The minimum atomic E-state index is -0.156. The molecule has 1 aliphatic heterocycles. The third kappa shape index (κ3) is 3.62. The van der Waals surface area contributed by atoms with Crippen LogP contribution in [0.25, 0.3) is 6.08 Å². The highest BCUT2D eigenvalue weighted by Gasteiger charge is 2.32. The Morgan fingerprint density at radius 2 is 1.61 bits per heavy atom. The van der Waals surface area contributed by atoms with Gasteiger partial charge in [-0.25, -0.2) is 4.99 Å². The van der Waals surface area contributed by atoms with E-state index in [1.165, 1.54) is 0 Å². The van der Waals surface area contributed by atoms with Crippen LogP contribution in [0.1, 0.15) is 11.1 Å². The van der Waals surface area contributed by atoms with Gasteiger partial charge in [0.2, 0.25) is 0 Å². The van der Waals surface area contributed by atoms with Crippen LogP contribution >= 0.6 is 15.9 Å². The maximum Gasteiger partial charge on any atom is 0.282 e. The predicted molar refractivity (Wildman–Crippen MR) is 116 cm³/mol. The zero-order chi connectivity index (χ0) is 19.5. The fourth-order valence-corrected chi connectivity index (χ4v) is 3.25. The standard InChI is InChI=1S/C23H17BrN2O2/c1-28-20-13-7-16(8-14-20)15-21-23(27)26(19-11-9-18(24)10-12-19)22(25-21)17-5-3-2-4-6-17/h2-15H,1H3/b21-15+. The molecular formula is C23H17BrN2O2. The van der Waals surface area contributed by atoms with Crippen LogP contribution in [0.15, 0.2) is 94.0 Å². The lowest BCUT2D eigenvalue weighted by molar-refractivity contribution is -0.113. The van der Waals surface area contributed by atoms with Gasteiger partial charge in [-0.05, 0) is 48.0 Å². The molecule has 0 aromatic heterocycles. The molecule has 4 nitrogen and oxygen atoms in total. The Bertz CT molecular complexity index is 1060. The van der Waals surface area contributed by atoms with E-state index >= 15 is 0 Å². The van der Waals surface area contributed by atoms with Crippen molar-refractivity contribution >= 4 is 39.4 Å². The van der Waals surface area contributed by atoms with E-state index in [1.54, 1.807) is 18.1 Å². The van der Waals surface area contributed by atoms with Crippen LogP contribution in [0.3, 0.4) is 0 Å². The zero-order valence-corrected chi connectivity index (χ0v) is 16.8. The number of nitrogens with zero attached hydrogens (tertiary/aromatic N) is 2. The molecule has 138 valence electrons. The molecule has 0 saturated carbocycles. The van der Waals surface area contributed by atoms with Gasteiger partial charge in [0.05, 0.1) is 12.8 Å². The number of halogens is 1. The van der Waals surface area contributed by atoms with Crippen molar-refractivity contribution < 1.29 is 9.53 Å². The SMILES string of the molecule is COc1ccc(/C=C2/N=C(c3ccccc3)N(c3ccc(Br)cc3)C2=O)cc1. The summed E-state index contributed by atoms with van der Waals surface area (Å²) < 4.78 is 6.15. The summed E-state index contributed by atoms with van der Waals surface area (Å²) in [5, 5.41) is 0. The largest absolute Gasteiger partial charge is 0.497 e. The van der Waals surface area contributed by atoms with Crippen molar-refractivity contribution in [1.82, 2.24) is 0 Å². The lowest BCUT2D eigenvalue weighted by Gasteiger charge is -2.18. The molecule has 3 aromatic carbocycles. The fraction of sp³-hybridized carbons (Fsp3) is 0.0435. The van der Waals surface area contributed by atoms with Crippen molar-refractivity contribution in [2.45, 2.75) is 0 Å². The second-order valence-electron chi connectivity index (χ2n) is 6.22. The molecule has 3 aromatic rings. The molecule has 0 fully saturated rings. The highest BCUT2D eigenvalue weighted by Crippen LogP contribution is 2.29. The van der Waals surface area contributed by atoms with Gasteiger partial charge in [0.25, 0.3) is 5.91 Å². The topological polar surface area (TPSA) is 41.9 Å². The molecule has 1 heterocycles. The second-order valence-corrected chi connectivity index (χ2v) is 7.14.